The summed E-state index contributed by atoms with van der Waals surface area (Å²) in [6.07, 6.45) is 1.51. The van der Waals surface area contributed by atoms with Crippen molar-refractivity contribution < 1.29 is 28.4 Å². The number of rotatable bonds is 8. The van der Waals surface area contributed by atoms with E-state index in [0.29, 0.717) is 34.2 Å². The monoisotopic (exact) mass is 533 g/mol. The van der Waals surface area contributed by atoms with E-state index in [9.17, 15) is 19.7 Å². The number of benzene rings is 2. The Morgan fingerprint density at radius 3 is 2.55 bits per heavy atom. The van der Waals surface area contributed by atoms with E-state index >= 15 is 0 Å². The van der Waals surface area contributed by atoms with Gasteiger partial charge in [0.15, 0.2) is 6.04 Å². The molecule has 0 bridgehead atoms. The van der Waals surface area contributed by atoms with Crippen LogP contribution in [0.25, 0.3) is 5.57 Å². The molecule has 2 aliphatic rings. The fraction of sp³-hybridized carbons (Fsp3) is 0.222. The summed E-state index contributed by atoms with van der Waals surface area (Å²) >= 11 is 1.48. The first kappa shape index (κ1) is 25.3. The summed E-state index contributed by atoms with van der Waals surface area (Å²) in [5.41, 5.74) is 2.12. The van der Waals surface area contributed by atoms with Crippen LogP contribution in [0.1, 0.15) is 22.6 Å². The van der Waals surface area contributed by atoms with Crippen LogP contribution in [0.4, 0.5) is 5.69 Å². The van der Waals surface area contributed by atoms with Gasteiger partial charge in [-0.05, 0) is 54.4 Å². The second-order valence-corrected chi connectivity index (χ2v) is 9.75. The molecule has 1 amide bonds. The maximum atomic E-state index is 13.4. The molecular formula is C27H23N3O7S. The quantitative estimate of drug-likeness (QED) is 0.138. The summed E-state index contributed by atoms with van der Waals surface area (Å²) in [4.78, 5) is 42.8. The number of ether oxygens (including phenoxy) is 2. The lowest BCUT2D eigenvalue weighted by atomic mass is 10.0. The first-order chi connectivity index (χ1) is 18.4. The topological polar surface area (TPSA) is 124 Å². The third kappa shape index (κ3) is 4.92. The van der Waals surface area contributed by atoms with Crippen LogP contribution in [0.15, 0.2) is 75.8 Å². The van der Waals surface area contributed by atoms with E-state index in [2.05, 4.69) is 4.99 Å². The Morgan fingerprint density at radius 1 is 1.18 bits per heavy atom. The lowest BCUT2D eigenvalue weighted by Gasteiger charge is -2.47. The Hall–Kier alpha value is -4.38. The molecule has 10 nitrogen and oxygen atoms in total. The van der Waals surface area contributed by atoms with Gasteiger partial charge in [0, 0.05) is 29.7 Å². The van der Waals surface area contributed by atoms with Crippen molar-refractivity contribution in [2.45, 2.75) is 24.9 Å². The number of esters is 1. The van der Waals surface area contributed by atoms with Crippen LogP contribution < -0.4 is 4.74 Å². The molecule has 2 aromatic carbocycles. The molecular weight excluding hydrogens is 510 g/mol. The lowest BCUT2D eigenvalue weighted by molar-refractivity contribution is -0.384. The second kappa shape index (κ2) is 10.5. The zero-order valence-electron chi connectivity index (χ0n) is 20.5. The predicted octanol–water partition coefficient (Wildman–Crippen LogP) is 4.36. The fourth-order valence-electron chi connectivity index (χ4n) is 4.17. The molecule has 0 N–H and O–H groups in total. The van der Waals surface area contributed by atoms with Gasteiger partial charge in [-0.2, -0.15) is 0 Å². The van der Waals surface area contributed by atoms with Gasteiger partial charge in [0.2, 0.25) is 0 Å². The summed E-state index contributed by atoms with van der Waals surface area (Å²) in [5, 5.41) is 10.5. The highest BCUT2D eigenvalue weighted by Gasteiger charge is 2.54. The summed E-state index contributed by atoms with van der Waals surface area (Å²) in [6.45, 7) is 1.83. The molecule has 1 fully saturated rings. The number of aryl methyl sites for hydroxylation is 1. The number of aliphatic imine (C=N–C) groups is 1. The van der Waals surface area contributed by atoms with Crippen molar-refractivity contribution in [2.75, 3.05) is 12.9 Å². The van der Waals surface area contributed by atoms with Gasteiger partial charge >= 0.3 is 5.97 Å². The van der Waals surface area contributed by atoms with Crippen molar-refractivity contribution in [3.05, 3.63) is 99.1 Å². The maximum Gasteiger partial charge on any atom is 0.355 e. The third-order valence-electron chi connectivity index (χ3n) is 6.19. The number of nitro groups is 1. The Bertz CT molecular complexity index is 1440. The van der Waals surface area contributed by atoms with Crippen LogP contribution in [-0.2, 0) is 20.9 Å². The number of hydrogen-bond acceptors (Lipinski definition) is 9. The minimum absolute atomic E-state index is 0.0261. The number of carbonyl (C=O) groups is 2. The van der Waals surface area contributed by atoms with Gasteiger partial charge in [0.1, 0.15) is 34.9 Å². The van der Waals surface area contributed by atoms with Gasteiger partial charge in [-0.1, -0.05) is 12.1 Å². The number of hydrogen-bond donors (Lipinski definition) is 0. The van der Waals surface area contributed by atoms with Gasteiger partial charge in [-0.3, -0.25) is 24.8 Å². The van der Waals surface area contributed by atoms with Gasteiger partial charge < -0.3 is 13.9 Å². The number of amides is 1. The number of fused-ring (bicyclic) bond motifs is 1. The fourth-order valence-corrected chi connectivity index (χ4v) is 5.51. The molecule has 0 saturated carbocycles. The zero-order valence-corrected chi connectivity index (χ0v) is 21.3. The largest absolute Gasteiger partial charge is 0.497 e. The zero-order chi connectivity index (χ0) is 26.8. The molecule has 5 rings (SSSR count). The summed E-state index contributed by atoms with van der Waals surface area (Å²) in [6, 6.07) is 15.9. The van der Waals surface area contributed by atoms with Crippen molar-refractivity contribution in [1.82, 2.24) is 4.90 Å². The SMILES string of the molecule is COc1ccc(COC(=O)C2=C(c3ccc(C)o3)CS[C@H]3[C@H](N=Cc4ccc([N+](=O)[O-])cc4)C(=O)N23)cc1. The molecule has 1 saturated heterocycles. The van der Waals surface area contributed by atoms with Crippen molar-refractivity contribution in [2.24, 2.45) is 4.99 Å². The highest BCUT2D eigenvalue weighted by atomic mass is 32.2. The molecule has 11 heteroatoms. The molecule has 1 aromatic heterocycles. The van der Waals surface area contributed by atoms with Crippen molar-refractivity contribution in [3.8, 4) is 5.75 Å². The molecule has 0 spiro atoms. The molecule has 0 aliphatic carbocycles. The normalized spacial score (nSPS) is 18.8. The molecule has 2 aliphatic heterocycles. The van der Waals surface area contributed by atoms with Crippen LogP contribution in [0.2, 0.25) is 0 Å². The number of furan rings is 1. The van der Waals surface area contributed by atoms with Crippen LogP contribution in [0.3, 0.4) is 0 Å². The number of β-lactam (4-membered cyclic amide) rings is 1. The number of carbonyl (C=O) groups excluding carboxylic acids is 2. The highest BCUT2D eigenvalue weighted by Crippen LogP contribution is 2.45. The Labute approximate surface area is 222 Å². The van der Waals surface area contributed by atoms with Crippen LogP contribution in [-0.4, -0.2) is 52.2 Å². The maximum absolute atomic E-state index is 13.4. The van der Waals surface area contributed by atoms with Crippen LogP contribution in [0, 0.1) is 17.0 Å². The molecule has 0 unspecified atom stereocenters. The minimum Gasteiger partial charge on any atom is -0.497 e. The standard InChI is InChI=1S/C27H23N3O7S/c1-16-3-12-22(37-16)21-15-38-26-23(28-13-17-4-8-19(9-5-17)30(33)34)25(31)29(26)24(21)27(32)36-14-18-6-10-20(35-2)11-7-18/h3-13,23,26H,14-15H2,1-2H3/t23-,26+/m1/s1. The summed E-state index contributed by atoms with van der Waals surface area (Å²) in [5.74, 6) is 1.36. The van der Waals surface area contributed by atoms with E-state index in [4.69, 9.17) is 13.9 Å². The van der Waals surface area contributed by atoms with Crippen LogP contribution >= 0.6 is 11.8 Å². The Kier molecular flexibility index (Phi) is 7.01. The average molecular weight is 534 g/mol. The number of nitro benzene ring substituents is 1. The van der Waals surface area contributed by atoms with Gasteiger partial charge in [-0.25, -0.2) is 4.79 Å². The molecule has 3 heterocycles. The predicted molar refractivity (Wildman–Crippen MR) is 141 cm³/mol. The van der Waals surface area contributed by atoms with E-state index in [0.717, 1.165) is 5.56 Å². The summed E-state index contributed by atoms with van der Waals surface area (Å²) < 4.78 is 16.6. The smallest absolute Gasteiger partial charge is 0.355 e. The van der Waals surface area contributed by atoms with Gasteiger partial charge in [0.25, 0.3) is 11.6 Å². The number of nitrogens with zero attached hydrogens (tertiary/aromatic N) is 3. The van der Waals surface area contributed by atoms with Gasteiger partial charge in [0.05, 0.1) is 12.0 Å². The van der Waals surface area contributed by atoms with E-state index in [1.165, 1.54) is 35.0 Å². The van der Waals surface area contributed by atoms with Gasteiger partial charge in [-0.15, -0.1) is 11.8 Å². The lowest BCUT2D eigenvalue weighted by Crippen LogP contribution is -2.64. The van der Waals surface area contributed by atoms with Crippen molar-refractivity contribution in [1.29, 1.82) is 0 Å². The van der Waals surface area contributed by atoms with E-state index in [-0.39, 0.29) is 29.3 Å². The first-order valence-corrected chi connectivity index (χ1v) is 12.7. The van der Waals surface area contributed by atoms with E-state index in [1.54, 1.807) is 55.6 Å². The average Bonchev–Trinajstić information content (AvgIpc) is 3.37. The minimum atomic E-state index is -0.695. The second-order valence-electron chi connectivity index (χ2n) is 8.64. The number of non-ortho nitro benzene ring substituents is 1. The molecule has 3 aromatic rings. The van der Waals surface area contributed by atoms with Crippen molar-refractivity contribution in [3.63, 3.8) is 0 Å². The molecule has 38 heavy (non-hydrogen) atoms. The summed E-state index contributed by atoms with van der Waals surface area (Å²) in [7, 11) is 1.57. The molecule has 2 atom stereocenters. The first-order valence-electron chi connectivity index (χ1n) is 11.7. The number of thioether (sulfide) groups is 1. The Morgan fingerprint density at radius 2 is 1.92 bits per heavy atom. The highest BCUT2D eigenvalue weighted by molar-refractivity contribution is 8.00. The molecule has 194 valence electrons. The Balaban J connectivity index is 1.37. The van der Waals surface area contributed by atoms with E-state index < -0.39 is 16.9 Å². The van der Waals surface area contributed by atoms with E-state index in [1.807, 2.05) is 6.92 Å². The molecule has 0 radical (unpaired) electrons. The van der Waals surface area contributed by atoms with Crippen LogP contribution in [0.5, 0.6) is 5.75 Å². The van der Waals surface area contributed by atoms with Crippen molar-refractivity contribution >= 4 is 41.1 Å². The number of methoxy groups -OCH3 is 1. The third-order valence-corrected chi connectivity index (χ3v) is 7.45.